The monoisotopic (exact) mass is 651 g/mol. The Hall–Kier alpha value is -4.65. The largest absolute Gasteiger partial charge is 0.493 e. The van der Waals surface area contributed by atoms with Crippen LogP contribution in [0.25, 0.3) is 5.69 Å². The van der Waals surface area contributed by atoms with E-state index in [2.05, 4.69) is 0 Å². The highest BCUT2D eigenvalue weighted by Gasteiger charge is 2.38. The normalized spacial score (nSPS) is 15.9. The highest BCUT2D eigenvalue weighted by molar-refractivity contribution is 7.87. The van der Waals surface area contributed by atoms with E-state index in [4.69, 9.17) is 42.2 Å². The fourth-order valence-corrected chi connectivity index (χ4v) is 6.59. The molecule has 224 valence electrons. The van der Waals surface area contributed by atoms with Crippen molar-refractivity contribution in [3.63, 3.8) is 0 Å². The van der Waals surface area contributed by atoms with Crippen molar-refractivity contribution in [2.24, 2.45) is 4.99 Å². The molecule has 4 aromatic rings. The van der Waals surface area contributed by atoms with Crippen LogP contribution in [-0.2, 0) is 10.1 Å². The van der Waals surface area contributed by atoms with Crippen molar-refractivity contribution in [1.82, 2.24) is 14.7 Å². The molecule has 0 aliphatic carbocycles. The Morgan fingerprint density at radius 1 is 1.00 bits per heavy atom. The van der Waals surface area contributed by atoms with Crippen molar-refractivity contribution in [2.75, 3.05) is 7.11 Å². The molecule has 14 heteroatoms. The summed E-state index contributed by atoms with van der Waals surface area (Å²) in [4.78, 5) is 16.9. The van der Waals surface area contributed by atoms with Gasteiger partial charge in [-0.1, -0.05) is 53.0 Å². The lowest BCUT2D eigenvalue weighted by Crippen LogP contribution is -2.35. The molecule has 2 aliphatic rings. The maximum absolute atomic E-state index is 13.1. The number of rotatable bonds is 7. The number of hydrogen-bond donors (Lipinski definition) is 0. The van der Waals surface area contributed by atoms with Crippen LogP contribution < -0.4 is 8.92 Å². The number of nitro groups is 1. The summed E-state index contributed by atoms with van der Waals surface area (Å²) >= 11 is 13.1. The second-order valence-corrected chi connectivity index (χ2v) is 12.4. The SMILES string of the molecule is COc1cc([C@H]2c3c(C)nn(-c4ccc(C)cc4)c3N=C3C(Cl)=CC(Cl)=CN32)ccc1OS(=O)(=O)c1cccc([N+](=O)[O-])c1. The number of aryl methyl sites for hydroxylation is 2. The van der Waals surface area contributed by atoms with Gasteiger partial charge in [0.05, 0.1) is 39.5 Å². The molecule has 0 N–H and O–H groups in total. The summed E-state index contributed by atoms with van der Waals surface area (Å²) in [5.74, 6) is 1.03. The highest BCUT2D eigenvalue weighted by Crippen LogP contribution is 2.47. The number of nitrogens with zero attached hydrogens (tertiary/aromatic N) is 5. The van der Waals surface area contributed by atoms with Crippen molar-refractivity contribution in [2.45, 2.75) is 24.8 Å². The third-order valence-corrected chi connectivity index (χ3v) is 8.84. The fourth-order valence-electron chi connectivity index (χ4n) is 5.08. The number of fused-ring (bicyclic) bond motifs is 2. The first-order valence-electron chi connectivity index (χ1n) is 13.1. The number of aliphatic imine (C=N–C) groups is 1. The molecule has 11 nitrogen and oxygen atoms in total. The number of allylic oxidation sites excluding steroid dienone is 2. The zero-order valence-electron chi connectivity index (χ0n) is 23.4. The van der Waals surface area contributed by atoms with E-state index in [-0.39, 0.29) is 22.1 Å². The molecule has 0 bridgehead atoms. The van der Waals surface area contributed by atoms with Gasteiger partial charge in [-0.05, 0) is 55.8 Å². The van der Waals surface area contributed by atoms with Gasteiger partial charge in [0.15, 0.2) is 23.2 Å². The maximum Gasteiger partial charge on any atom is 0.339 e. The molecule has 0 spiro atoms. The van der Waals surface area contributed by atoms with Gasteiger partial charge in [-0.25, -0.2) is 9.67 Å². The standard InChI is InChI=1S/C30H23Cl2N5O6S/c1-17-7-10-21(11-8-17)36-30-27(18(2)34-36)28(35-16-20(31)14-24(32)29(35)33-30)19-9-12-25(26(13-19)42-3)43-44(40,41)23-6-4-5-22(15-23)37(38)39/h4-16,28H,1-3H3/t28-/m0/s1. The number of benzene rings is 3. The molecular weight excluding hydrogens is 629 g/mol. The molecule has 6 rings (SSSR count). The van der Waals surface area contributed by atoms with Crippen LogP contribution in [0, 0.1) is 24.0 Å². The lowest BCUT2D eigenvalue weighted by atomic mass is 9.94. The van der Waals surface area contributed by atoms with E-state index < -0.39 is 21.1 Å². The van der Waals surface area contributed by atoms with Crippen LogP contribution in [0.4, 0.5) is 11.5 Å². The van der Waals surface area contributed by atoms with Crippen LogP contribution in [0.5, 0.6) is 11.5 Å². The molecule has 0 fully saturated rings. The minimum atomic E-state index is -4.44. The topological polar surface area (TPSA) is 129 Å². The van der Waals surface area contributed by atoms with Crippen molar-refractivity contribution < 1.29 is 22.3 Å². The number of ether oxygens (including phenoxy) is 1. The van der Waals surface area contributed by atoms with Gasteiger partial charge in [0, 0.05) is 23.9 Å². The maximum atomic E-state index is 13.1. The number of amidine groups is 1. The van der Waals surface area contributed by atoms with Gasteiger partial charge in [0.2, 0.25) is 0 Å². The Bertz CT molecular complexity index is 2040. The van der Waals surface area contributed by atoms with Gasteiger partial charge >= 0.3 is 10.1 Å². The Balaban J connectivity index is 1.46. The van der Waals surface area contributed by atoms with Gasteiger partial charge in [0.1, 0.15) is 4.90 Å². The first-order chi connectivity index (χ1) is 21.0. The molecule has 3 aromatic carbocycles. The van der Waals surface area contributed by atoms with E-state index in [9.17, 15) is 18.5 Å². The van der Waals surface area contributed by atoms with E-state index >= 15 is 0 Å². The van der Waals surface area contributed by atoms with Crippen molar-refractivity contribution in [3.05, 3.63) is 122 Å². The summed E-state index contributed by atoms with van der Waals surface area (Å²) < 4.78 is 38.9. The van der Waals surface area contributed by atoms with E-state index in [1.54, 1.807) is 29.1 Å². The molecular formula is C30H23Cl2N5O6S. The fraction of sp³-hybridized carbons (Fsp3) is 0.133. The Labute approximate surface area is 262 Å². The number of hydrogen-bond acceptors (Lipinski definition) is 9. The number of halogens is 2. The molecule has 2 aliphatic heterocycles. The molecule has 44 heavy (non-hydrogen) atoms. The third kappa shape index (κ3) is 5.21. The molecule has 3 heterocycles. The van der Waals surface area contributed by atoms with Crippen LogP contribution in [0.1, 0.15) is 28.4 Å². The van der Waals surface area contributed by atoms with Crippen molar-refractivity contribution >= 4 is 50.7 Å². The van der Waals surface area contributed by atoms with Crippen LogP contribution in [0.15, 0.2) is 99.0 Å². The zero-order chi connectivity index (χ0) is 31.3. The molecule has 0 saturated carbocycles. The molecule has 1 aromatic heterocycles. The molecule has 0 radical (unpaired) electrons. The van der Waals surface area contributed by atoms with Gasteiger partial charge in [-0.3, -0.25) is 10.1 Å². The van der Waals surface area contributed by atoms with Gasteiger partial charge in [-0.15, -0.1) is 0 Å². The van der Waals surface area contributed by atoms with Gasteiger partial charge in [-0.2, -0.15) is 13.5 Å². The predicted molar refractivity (Wildman–Crippen MR) is 166 cm³/mol. The van der Waals surface area contributed by atoms with Crippen LogP contribution >= 0.6 is 23.2 Å². The molecule has 0 amide bonds. The second kappa shape index (κ2) is 11.1. The number of non-ortho nitro benzene ring substituents is 1. The Morgan fingerprint density at radius 2 is 1.75 bits per heavy atom. The van der Waals surface area contributed by atoms with E-state index in [1.165, 1.54) is 31.4 Å². The average Bonchev–Trinajstić information content (AvgIpc) is 3.32. The zero-order valence-corrected chi connectivity index (χ0v) is 25.8. The average molecular weight is 653 g/mol. The molecule has 0 unspecified atom stereocenters. The minimum Gasteiger partial charge on any atom is -0.493 e. The number of nitro benzene ring substituents is 1. The number of methoxy groups -OCH3 is 1. The van der Waals surface area contributed by atoms with E-state index in [0.717, 1.165) is 22.9 Å². The van der Waals surface area contributed by atoms with Crippen molar-refractivity contribution in [3.8, 4) is 17.2 Å². The lowest BCUT2D eigenvalue weighted by molar-refractivity contribution is -0.385. The van der Waals surface area contributed by atoms with Crippen LogP contribution in [-0.4, -0.2) is 41.0 Å². The highest BCUT2D eigenvalue weighted by atomic mass is 35.5. The summed E-state index contributed by atoms with van der Waals surface area (Å²) in [7, 11) is -3.06. The van der Waals surface area contributed by atoms with E-state index in [1.807, 2.05) is 43.0 Å². The Kier molecular flexibility index (Phi) is 7.44. The Morgan fingerprint density at radius 3 is 2.45 bits per heavy atom. The van der Waals surface area contributed by atoms with Gasteiger partial charge in [0.25, 0.3) is 5.69 Å². The summed E-state index contributed by atoms with van der Waals surface area (Å²) in [6.45, 7) is 3.88. The van der Waals surface area contributed by atoms with E-state index in [0.29, 0.717) is 33.0 Å². The first kappa shape index (κ1) is 29.4. The number of aromatic nitrogens is 2. The summed E-state index contributed by atoms with van der Waals surface area (Å²) in [6.07, 6.45) is 3.32. The molecule has 1 atom stereocenters. The van der Waals surface area contributed by atoms with Crippen molar-refractivity contribution in [1.29, 1.82) is 0 Å². The lowest BCUT2D eigenvalue weighted by Gasteiger charge is -2.37. The predicted octanol–water partition coefficient (Wildman–Crippen LogP) is 6.83. The van der Waals surface area contributed by atoms with Crippen LogP contribution in [0.3, 0.4) is 0 Å². The first-order valence-corrected chi connectivity index (χ1v) is 15.3. The summed E-state index contributed by atoms with van der Waals surface area (Å²) in [5, 5.41) is 16.7. The van der Waals surface area contributed by atoms with Crippen LogP contribution in [0.2, 0.25) is 0 Å². The molecule has 0 saturated heterocycles. The van der Waals surface area contributed by atoms with Gasteiger partial charge < -0.3 is 13.8 Å². The second-order valence-electron chi connectivity index (χ2n) is 10.0. The smallest absolute Gasteiger partial charge is 0.339 e. The minimum absolute atomic E-state index is 0.107. The summed E-state index contributed by atoms with van der Waals surface area (Å²) in [5.41, 5.74) is 3.69. The quantitative estimate of drug-likeness (QED) is 0.121. The summed E-state index contributed by atoms with van der Waals surface area (Å²) in [6, 6.07) is 16.7. The third-order valence-electron chi connectivity index (χ3n) is 7.13.